The molecular weight excluding hydrogens is 372 g/mol. The Balaban J connectivity index is 1.42. The van der Waals surface area contributed by atoms with Crippen LogP contribution in [-0.2, 0) is 19.3 Å². The summed E-state index contributed by atoms with van der Waals surface area (Å²) in [5.41, 5.74) is 2.22. The third kappa shape index (κ3) is 4.08. The Kier molecular flexibility index (Phi) is 5.19. The molecule has 0 unspecified atom stereocenters. The van der Waals surface area contributed by atoms with Gasteiger partial charge in [0, 0.05) is 36.5 Å². The van der Waals surface area contributed by atoms with E-state index in [4.69, 9.17) is 4.42 Å². The smallest absolute Gasteiger partial charge is 0.349 e. The van der Waals surface area contributed by atoms with E-state index >= 15 is 0 Å². The maximum atomic E-state index is 12.4. The van der Waals surface area contributed by atoms with Crippen LogP contribution in [0.25, 0.3) is 10.9 Å². The third-order valence-electron chi connectivity index (χ3n) is 4.77. The van der Waals surface area contributed by atoms with E-state index in [9.17, 15) is 9.59 Å². The number of carbonyl (C=O) groups excluding carboxylic acids is 1. The number of nitrogens with zero attached hydrogens (tertiary/aromatic N) is 3. The molecule has 0 radical (unpaired) electrons. The van der Waals surface area contributed by atoms with Gasteiger partial charge in [0.05, 0.1) is 0 Å². The van der Waals surface area contributed by atoms with Crippen LogP contribution in [0, 0.1) is 6.92 Å². The molecule has 0 aliphatic carbocycles. The third-order valence-corrected chi connectivity index (χ3v) is 4.77. The molecule has 0 spiro atoms. The van der Waals surface area contributed by atoms with Gasteiger partial charge in [0.25, 0.3) is 5.91 Å². The monoisotopic (exact) mass is 392 g/mol. The van der Waals surface area contributed by atoms with Crippen LogP contribution < -0.4 is 10.9 Å². The average molecular weight is 392 g/mol. The second kappa shape index (κ2) is 8.09. The summed E-state index contributed by atoms with van der Waals surface area (Å²) in [6.07, 6.45) is 3.68. The van der Waals surface area contributed by atoms with Crippen molar-refractivity contribution in [2.45, 2.75) is 26.2 Å². The van der Waals surface area contributed by atoms with E-state index in [0.717, 1.165) is 22.9 Å². The molecule has 148 valence electrons. The number of H-pyrrole nitrogens is 2. The van der Waals surface area contributed by atoms with Crippen LogP contribution in [0.3, 0.4) is 0 Å². The van der Waals surface area contributed by atoms with Crippen LogP contribution in [-0.4, -0.2) is 38.1 Å². The Hall–Kier alpha value is -3.75. The van der Waals surface area contributed by atoms with E-state index in [2.05, 4.69) is 37.0 Å². The Morgan fingerprint density at radius 1 is 1.21 bits per heavy atom. The number of rotatable bonds is 7. The minimum absolute atomic E-state index is 0.0222. The Morgan fingerprint density at radius 3 is 2.86 bits per heavy atom. The van der Waals surface area contributed by atoms with Crippen LogP contribution in [0.15, 0.2) is 45.7 Å². The zero-order valence-corrected chi connectivity index (χ0v) is 15.9. The van der Waals surface area contributed by atoms with Crippen molar-refractivity contribution in [3.8, 4) is 0 Å². The molecule has 0 saturated heterocycles. The molecule has 0 fully saturated rings. The molecule has 0 aliphatic heterocycles. The predicted octanol–water partition coefficient (Wildman–Crippen LogP) is 1.70. The first kappa shape index (κ1) is 18.6. The summed E-state index contributed by atoms with van der Waals surface area (Å²) in [4.78, 5) is 28.0. The number of amides is 1. The molecule has 0 saturated carbocycles. The molecule has 1 amide bonds. The van der Waals surface area contributed by atoms with Gasteiger partial charge in [-0.2, -0.15) is 5.21 Å². The summed E-state index contributed by atoms with van der Waals surface area (Å²) in [5, 5.41) is 17.3. The van der Waals surface area contributed by atoms with Gasteiger partial charge in [-0.3, -0.25) is 4.79 Å². The molecule has 3 aromatic heterocycles. The first-order valence-electron chi connectivity index (χ1n) is 9.31. The number of aryl methyl sites for hydroxylation is 3. The van der Waals surface area contributed by atoms with Crippen molar-refractivity contribution >= 4 is 16.8 Å². The van der Waals surface area contributed by atoms with Crippen molar-refractivity contribution in [2.75, 3.05) is 6.54 Å². The molecule has 9 nitrogen and oxygen atoms in total. The van der Waals surface area contributed by atoms with Gasteiger partial charge in [-0.25, -0.2) is 4.79 Å². The molecule has 3 N–H and O–H groups in total. The van der Waals surface area contributed by atoms with Crippen molar-refractivity contribution in [3.63, 3.8) is 0 Å². The van der Waals surface area contributed by atoms with Gasteiger partial charge < -0.3 is 14.7 Å². The number of hydrogen-bond acceptors (Lipinski definition) is 6. The van der Waals surface area contributed by atoms with Crippen LogP contribution >= 0.6 is 0 Å². The molecule has 1 aromatic carbocycles. The van der Waals surface area contributed by atoms with Crippen molar-refractivity contribution in [1.82, 2.24) is 30.9 Å². The molecule has 0 aliphatic rings. The summed E-state index contributed by atoms with van der Waals surface area (Å²) in [7, 11) is 0. The molecule has 29 heavy (non-hydrogen) atoms. The Morgan fingerprint density at radius 2 is 2.07 bits per heavy atom. The van der Waals surface area contributed by atoms with Crippen LogP contribution in [0.2, 0.25) is 0 Å². The Bertz CT molecular complexity index is 1190. The highest BCUT2D eigenvalue weighted by Crippen LogP contribution is 2.19. The normalized spacial score (nSPS) is 11.1. The lowest BCUT2D eigenvalue weighted by Crippen LogP contribution is -2.31. The minimum Gasteiger partial charge on any atom is -0.427 e. The number of carbonyl (C=O) groups is 1. The SMILES string of the molecule is Cc1cc(CCc2c[nH]c3ccccc23)oc(=O)c1C(=O)NCCc1nn[nH]n1. The number of hydrogen-bond donors (Lipinski definition) is 3. The van der Waals surface area contributed by atoms with E-state index in [1.54, 1.807) is 13.0 Å². The highest BCUT2D eigenvalue weighted by atomic mass is 16.4. The first-order chi connectivity index (χ1) is 14.1. The highest BCUT2D eigenvalue weighted by Gasteiger charge is 2.17. The van der Waals surface area contributed by atoms with Crippen LogP contribution in [0.4, 0.5) is 0 Å². The second-order valence-corrected chi connectivity index (χ2v) is 6.75. The van der Waals surface area contributed by atoms with E-state index in [1.807, 2.05) is 24.4 Å². The lowest BCUT2D eigenvalue weighted by Gasteiger charge is -2.07. The van der Waals surface area contributed by atoms with Crippen LogP contribution in [0.5, 0.6) is 0 Å². The molecule has 4 rings (SSSR count). The fraction of sp³-hybridized carbons (Fsp3) is 0.250. The van der Waals surface area contributed by atoms with Gasteiger partial charge in [0.15, 0.2) is 5.82 Å². The maximum Gasteiger partial charge on any atom is 0.349 e. The quantitative estimate of drug-likeness (QED) is 0.439. The summed E-state index contributed by atoms with van der Waals surface area (Å²) < 4.78 is 5.41. The summed E-state index contributed by atoms with van der Waals surface area (Å²) in [6.45, 7) is 2.03. The number of aromatic amines is 2. The molecule has 3 heterocycles. The number of tetrazole rings is 1. The summed E-state index contributed by atoms with van der Waals surface area (Å²) in [5.74, 6) is 0.575. The fourth-order valence-electron chi connectivity index (χ4n) is 3.33. The van der Waals surface area contributed by atoms with Crippen molar-refractivity contribution in [1.29, 1.82) is 0 Å². The van der Waals surface area contributed by atoms with Gasteiger partial charge >= 0.3 is 5.63 Å². The van der Waals surface area contributed by atoms with Crippen molar-refractivity contribution in [2.24, 2.45) is 0 Å². The standard InChI is InChI=1S/C20H20N6O3/c1-12-10-14(7-6-13-11-22-16-5-3-2-4-15(13)16)29-20(28)18(12)19(27)21-9-8-17-23-25-26-24-17/h2-5,10-11,22H,6-9H2,1H3,(H,21,27)(H,23,24,25,26). The molecule has 0 bridgehead atoms. The van der Waals surface area contributed by atoms with Gasteiger partial charge in [-0.1, -0.05) is 23.4 Å². The van der Waals surface area contributed by atoms with Gasteiger partial charge in [0.1, 0.15) is 11.3 Å². The second-order valence-electron chi connectivity index (χ2n) is 6.75. The number of aromatic nitrogens is 5. The summed E-state index contributed by atoms with van der Waals surface area (Å²) >= 11 is 0. The summed E-state index contributed by atoms with van der Waals surface area (Å²) in [6, 6.07) is 9.82. The van der Waals surface area contributed by atoms with Crippen molar-refractivity contribution in [3.05, 3.63) is 75.2 Å². The minimum atomic E-state index is -0.629. The van der Waals surface area contributed by atoms with E-state index in [0.29, 0.717) is 36.5 Å². The average Bonchev–Trinajstić information content (AvgIpc) is 3.36. The first-order valence-corrected chi connectivity index (χ1v) is 9.31. The predicted molar refractivity (Wildman–Crippen MR) is 106 cm³/mol. The zero-order valence-electron chi connectivity index (χ0n) is 15.9. The lowest BCUT2D eigenvalue weighted by atomic mass is 10.1. The van der Waals surface area contributed by atoms with Gasteiger partial charge in [-0.15, -0.1) is 10.2 Å². The van der Waals surface area contributed by atoms with Crippen molar-refractivity contribution < 1.29 is 9.21 Å². The number of benzene rings is 1. The van der Waals surface area contributed by atoms with E-state index in [1.165, 1.54) is 0 Å². The van der Waals surface area contributed by atoms with E-state index in [-0.39, 0.29) is 5.56 Å². The largest absolute Gasteiger partial charge is 0.427 e. The van der Waals surface area contributed by atoms with Gasteiger partial charge in [0.2, 0.25) is 0 Å². The van der Waals surface area contributed by atoms with Gasteiger partial charge in [-0.05, 0) is 36.6 Å². The number of para-hydroxylation sites is 1. The zero-order chi connectivity index (χ0) is 20.2. The lowest BCUT2D eigenvalue weighted by molar-refractivity contribution is 0.0949. The highest BCUT2D eigenvalue weighted by molar-refractivity contribution is 5.95. The molecular formula is C20H20N6O3. The Labute approximate surface area is 165 Å². The topological polar surface area (TPSA) is 130 Å². The van der Waals surface area contributed by atoms with Crippen LogP contribution in [0.1, 0.15) is 33.1 Å². The number of fused-ring (bicyclic) bond motifs is 1. The molecule has 4 aromatic rings. The molecule has 9 heteroatoms. The maximum absolute atomic E-state index is 12.4. The molecule has 0 atom stereocenters. The fourth-order valence-corrected chi connectivity index (χ4v) is 3.33. The van der Waals surface area contributed by atoms with E-state index < -0.39 is 11.5 Å². The number of nitrogens with one attached hydrogen (secondary N) is 3.